The Morgan fingerprint density at radius 3 is 2.27 bits per heavy atom. The molecular weight excluding hydrogens is 405 g/mol. The van der Waals surface area contributed by atoms with E-state index in [9.17, 15) is 12.8 Å². The maximum absolute atomic E-state index is 13.1. The fraction of sp³-hybridized carbons (Fsp3) is 0.364. The van der Waals surface area contributed by atoms with Crippen LogP contribution in [0.4, 0.5) is 4.39 Å². The fourth-order valence-electron chi connectivity index (χ4n) is 3.63. The molecular formula is C22H24FN3O3S. The van der Waals surface area contributed by atoms with Gasteiger partial charge in [-0.25, -0.2) is 12.8 Å². The first-order valence-corrected chi connectivity index (χ1v) is 11.5. The molecule has 0 atom stereocenters. The molecule has 8 heteroatoms. The van der Waals surface area contributed by atoms with Crippen molar-refractivity contribution < 1.29 is 17.3 Å². The zero-order chi connectivity index (χ0) is 21.3. The molecule has 30 heavy (non-hydrogen) atoms. The highest BCUT2D eigenvalue weighted by molar-refractivity contribution is 7.89. The molecule has 0 N–H and O–H groups in total. The van der Waals surface area contributed by atoms with E-state index >= 15 is 0 Å². The number of halogens is 1. The van der Waals surface area contributed by atoms with Gasteiger partial charge in [-0.1, -0.05) is 31.1 Å². The summed E-state index contributed by atoms with van der Waals surface area (Å²) in [6.07, 6.45) is 1.21. The minimum atomic E-state index is -3.52. The molecule has 0 radical (unpaired) electrons. The summed E-state index contributed by atoms with van der Waals surface area (Å²) in [6.45, 7) is 4.95. The summed E-state index contributed by atoms with van der Waals surface area (Å²) in [5.74, 6) is 0.931. The van der Waals surface area contributed by atoms with E-state index < -0.39 is 10.0 Å². The third-order valence-electron chi connectivity index (χ3n) is 5.53. The molecule has 2 aromatic carbocycles. The van der Waals surface area contributed by atoms with Gasteiger partial charge in [0.05, 0.1) is 4.90 Å². The second kappa shape index (κ2) is 8.28. The topological polar surface area (TPSA) is 76.3 Å². The Hall–Kier alpha value is -2.58. The minimum Gasteiger partial charge on any atom is -0.339 e. The van der Waals surface area contributed by atoms with Crippen molar-refractivity contribution in [2.24, 2.45) is 0 Å². The molecule has 0 saturated carbocycles. The number of hydrogen-bond acceptors (Lipinski definition) is 5. The van der Waals surface area contributed by atoms with E-state index in [2.05, 4.69) is 24.0 Å². The first-order chi connectivity index (χ1) is 14.3. The molecule has 1 aliphatic heterocycles. The molecule has 0 bridgehead atoms. The number of aromatic nitrogens is 2. The largest absolute Gasteiger partial charge is 0.339 e. The smallest absolute Gasteiger partial charge is 0.243 e. The van der Waals surface area contributed by atoms with Gasteiger partial charge in [0.25, 0.3) is 0 Å². The van der Waals surface area contributed by atoms with E-state index in [0.717, 1.165) is 5.56 Å². The zero-order valence-electron chi connectivity index (χ0n) is 17.0. The Morgan fingerprint density at radius 2 is 1.67 bits per heavy atom. The van der Waals surface area contributed by atoms with Crippen molar-refractivity contribution in [2.45, 2.75) is 43.4 Å². The lowest BCUT2D eigenvalue weighted by Gasteiger charge is -2.29. The highest BCUT2D eigenvalue weighted by atomic mass is 32.2. The van der Waals surface area contributed by atoms with Crippen LogP contribution in [0.25, 0.3) is 11.4 Å². The molecule has 0 amide bonds. The number of benzene rings is 2. The Labute approximate surface area is 175 Å². The van der Waals surface area contributed by atoms with E-state index in [1.54, 1.807) is 24.3 Å². The van der Waals surface area contributed by atoms with E-state index in [1.807, 2.05) is 12.1 Å². The molecule has 0 unspecified atom stereocenters. The molecule has 1 saturated heterocycles. The lowest BCUT2D eigenvalue weighted by Crippen LogP contribution is -2.37. The second-order valence-electron chi connectivity index (χ2n) is 7.87. The normalized spacial score (nSPS) is 16.3. The number of sulfonamides is 1. The molecule has 6 nitrogen and oxygen atoms in total. The van der Waals surface area contributed by atoms with E-state index in [4.69, 9.17) is 4.52 Å². The summed E-state index contributed by atoms with van der Waals surface area (Å²) in [6, 6.07) is 13.0. The predicted molar refractivity (Wildman–Crippen MR) is 111 cm³/mol. The lowest BCUT2D eigenvalue weighted by molar-refractivity contribution is 0.271. The lowest BCUT2D eigenvalue weighted by atomic mass is 9.98. The summed E-state index contributed by atoms with van der Waals surface area (Å²) in [5, 5.41) is 3.99. The predicted octanol–water partition coefficient (Wildman–Crippen LogP) is 4.57. The van der Waals surface area contributed by atoms with Crippen molar-refractivity contribution in [3.8, 4) is 11.4 Å². The fourth-order valence-corrected chi connectivity index (χ4v) is 5.10. The molecule has 4 rings (SSSR count). The Morgan fingerprint density at radius 1 is 1.03 bits per heavy atom. The van der Waals surface area contributed by atoms with Crippen LogP contribution in [-0.4, -0.2) is 36.0 Å². The molecule has 158 valence electrons. The number of nitrogens with zero attached hydrogens (tertiary/aromatic N) is 3. The van der Waals surface area contributed by atoms with Crippen molar-refractivity contribution in [3.63, 3.8) is 0 Å². The number of rotatable bonds is 5. The second-order valence-corrected chi connectivity index (χ2v) is 9.80. The molecule has 3 aromatic rings. The maximum atomic E-state index is 13.1. The first kappa shape index (κ1) is 20.7. The van der Waals surface area contributed by atoms with Gasteiger partial charge in [-0.3, -0.25) is 0 Å². The van der Waals surface area contributed by atoms with E-state index in [-0.39, 0.29) is 11.7 Å². The molecule has 1 fully saturated rings. The molecule has 0 spiro atoms. The van der Waals surface area contributed by atoms with Crippen LogP contribution >= 0.6 is 0 Å². The van der Waals surface area contributed by atoms with Gasteiger partial charge >= 0.3 is 0 Å². The average molecular weight is 430 g/mol. The van der Waals surface area contributed by atoms with Gasteiger partial charge in [-0.15, -0.1) is 0 Å². The summed E-state index contributed by atoms with van der Waals surface area (Å²) in [4.78, 5) is 4.76. The van der Waals surface area contributed by atoms with Crippen molar-refractivity contribution >= 4 is 10.0 Å². The van der Waals surface area contributed by atoms with Crippen LogP contribution in [0.1, 0.15) is 50.0 Å². The van der Waals surface area contributed by atoms with Crippen molar-refractivity contribution in [3.05, 3.63) is 65.8 Å². The monoisotopic (exact) mass is 429 g/mol. The van der Waals surface area contributed by atoms with Crippen molar-refractivity contribution in [1.82, 2.24) is 14.4 Å². The molecule has 2 heterocycles. The van der Waals surface area contributed by atoms with Gasteiger partial charge < -0.3 is 4.52 Å². The van der Waals surface area contributed by atoms with E-state index in [0.29, 0.717) is 54.0 Å². The van der Waals surface area contributed by atoms with Gasteiger partial charge in [-0.2, -0.15) is 9.29 Å². The van der Waals surface area contributed by atoms with E-state index in [1.165, 1.54) is 16.4 Å². The molecule has 1 aliphatic rings. The SMILES string of the molecule is CC(C)c1ccc(S(=O)(=O)N2CCC(c3nc(-c4ccc(F)cc4)no3)CC2)cc1. The summed E-state index contributed by atoms with van der Waals surface area (Å²) in [7, 11) is -3.52. The minimum absolute atomic E-state index is 0.00136. The summed E-state index contributed by atoms with van der Waals surface area (Å²) < 4.78 is 46.0. The zero-order valence-corrected chi connectivity index (χ0v) is 17.8. The van der Waals surface area contributed by atoms with Gasteiger partial charge in [0, 0.05) is 24.6 Å². The Balaban J connectivity index is 1.43. The standard InChI is InChI=1S/C22H24FN3O3S/c1-15(2)16-5-9-20(10-6-16)30(27,28)26-13-11-18(12-14-26)22-24-21(25-29-22)17-3-7-19(23)8-4-17/h3-10,15,18H,11-14H2,1-2H3. The maximum Gasteiger partial charge on any atom is 0.243 e. The quantitative estimate of drug-likeness (QED) is 0.594. The first-order valence-electron chi connectivity index (χ1n) is 10.0. The van der Waals surface area contributed by atoms with Crippen molar-refractivity contribution in [1.29, 1.82) is 0 Å². The Bertz CT molecular complexity index is 1100. The third kappa shape index (κ3) is 4.15. The number of hydrogen-bond donors (Lipinski definition) is 0. The molecule has 0 aliphatic carbocycles. The highest BCUT2D eigenvalue weighted by Crippen LogP contribution is 2.31. The van der Waals surface area contributed by atoms with Gasteiger partial charge in [0.1, 0.15) is 5.82 Å². The van der Waals surface area contributed by atoms with Crippen molar-refractivity contribution in [2.75, 3.05) is 13.1 Å². The highest BCUT2D eigenvalue weighted by Gasteiger charge is 2.32. The molecule has 1 aromatic heterocycles. The van der Waals surface area contributed by atoms with Gasteiger partial charge in [0.2, 0.25) is 21.7 Å². The average Bonchev–Trinajstić information content (AvgIpc) is 3.25. The summed E-state index contributed by atoms with van der Waals surface area (Å²) >= 11 is 0. The van der Waals surface area contributed by atoms with Gasteiger partial charge in [-0.05, 0) is 60.7 Å². The van der Waals surface area contributed by atoms with Crippen LogP contribution in [0, 0.1) is 5.82 Å². The van der Waals surface area contributed by atoms with Crippen LogP contribution in [0.2, 0.25) is 0 Å². The Kier molecular flexibility index (Phi) is 5.71. The van der Waals surface area contributed by atoms with Crippen LogP contribution in [-0.2, 0) is 10.0 Å². The van der Waals surface area contributed by atoms with Crippen LogP contribution in [0.15, 0.2) is 57.9 Å². The van der Waals surface area contributed by atoms with Crippen LogP contribution < -0.4 is 0 Å². The van der Waals surface area contributed by atoms with Crippen LogP contribution in [0.5, 0.6) is 0 Å². The third-order valence-corrected chi connectivity index (χ3v) is 7.44. The number of piperidine rings is 1. The van der Waals surface area contributed by atoms with Crippen LogP contribution in [0.3, 0.4) is 0 Å². The summed E-state index contributed by atoms with van der Waals surface area (Å²) in [5.41, 5.74) is 1.79. The van der Waals surface area contributed by atoms with Gasteiger partial charge in [0.15, 0.2) is 0 Å².